The fourth-order valence-electron chi connectivity index (χ4n) is 3.77. The van der Waals surface area contributed by atoms with Gasteiger partial charge in [-0.1, -0.05) is 6.42 Å². The highest BCUT2D eigenvalue weighted by Crippen LogP contribution is 2.34. The molecule has 5 heteroatoms. The Balaban J connectivity index is 1.77. The number of aromatic carboxylic acids is 1. The lowest BCUT2D eigenvalue weighted by Gasteiger charge is -2.47. The number of nitrogens with one attached hydrogen (secondary N) is 1. The van der Waals surface area contributed by atoms with Gasteiger partial charge >= 0.3 is 5.97 Å². The van der Waals surface area contributed by atoms with Gasteiger partial charge in [-0.2, -0.15) is 0 Å². The van der Waals surface area contributed by atoms with Crippen LogP contribution in [0.1, 0.15) is 42.5 Å². The second-order valence-electron chi connectivity index (χ2n) is 6.21. The van der Waals surface area contributed by atoms with Crippen LogP contribution in [0.4, 0.5) is 10.1 Å². The zero-order chi connectivity index (χ0) is 15.0. The van der Waals surface area contributed by atoms with Crippen LogP contribution in [-0.2, 0) is 0 Å². The molecule has 1 aromatic carbocycles. The van der Waals surface area contributed by atoms with Gasteiger partial charge in [0.1, 0.15) is 5.82 Å². The van der Waals surface area contributed by atoms with Crippen molar-refractivity contribution in [2.75, 3.05) is 12.4 Å². The summed E-state index contributed by atoms with van der Waals surface area (Å²) in [5, 5.41) is 12.5. The summed E-state index contributed by atoms with van der Waals surface area (Å²) in [6, 6.07) is 5.34. The molecule has 0 aliphatic carbocycles. The molecular formula is C16H21FN2O2. The number of carbonyl (C=O) groups is 1. The molecule has 2 N–H and O–H groups in total. The summed E-state index contributed by atoms with van der Waals surface area (Å²) < 4.78 is 13.2. The first kappa shape index (κ1) is 14.3. The Kier molecular flexibility index (Phi) is 3.85. The number of carboxylic acids is 1. The van der Waals surface area contributed by atoms with Gasteiger partial charge in [-0.15, -0.1) is 0 Å². The highest BCUT2D eigenvalue weighted by molar-refractivity contribution is 5.94. The van der Waals surface area contributed by atoms with Crippen LogP contribution in [0.3, 0.4) is 0 Å². The predicted molar refractivity (Wildman–Crippen MR) is 79.2 cm³/mol. The Morgan fingerprint density at radius 1 is 1.33 bits per heavy atom. The van der Waals surface area contributed by atoms with E-state index in [2.05, 4.69) is 17.3 Å². The van der Waals surface area contributed by atoms with Crippen molar-refractivity contribution < 1.29 is 14.3 Å². The van der Waals surface area contributed by atoms with Crippen molar-refractivity contribution in [1.29, 1.82) is 0 Å². The van der Waals surface area contributed by atoms with Crippen molar-refractivity contribution in [3.05, 3.63) is 29.6 Å². The Labute approximate surface area is 124 Å². The third kappa shape index (κ3) is 2.88. The predicted octanol–water partition coefficient (Wildman–Crippen LogP) is 2.95. The maximum atomic E-state index is 13.2. The molecule has 4 nitrogen and oxygen atoms in total. The Hall–Kier alpha value is -1.62. The van der Waals surface area contributed by atoms with Gasteiger partial charge < -0.3 is 15.3 Å². The summed E-state index contributed by atoms with van der Waals surface area (Å²) in [6.45, 7) is 0. The van der Waals surface area contributed by atoms with E-state index in [0.717, 1.165) is 18.9 Å². The second-order valence-corrected chi connectivity index (χ2v) is 6.21. The van der Waals surface area contributed by atoms with Gasteiger partial charge in [0, 0.05) is 23.8 Å². The quantitative estimate of drug-likeness (QED) is 0.899. The molecule has 2 saturated heterocycles. The molecular weight excluding hydrogens is 271 g/mol. The molecule has 2 atom stereocenters. The molecule has 0 radical (unpaired) electrons. The monoisotopic (exact) mass is 292 g/mol. The molecule has 21 heavy (non-hydrogen) atoms. The Bertz CT molecular complexity index is 535. The van der Waals surface area contributed by atoms with Gasteiger partial charge in [0.15, 0.2) is 0 Å². The van der Waals surface area contributed by atoms with Gasteiger partial charge in [-0.25, -0.2) is 9.18 Å². The summed E-state index contributed by atoms with van der Waals surface area (Å²) in [4.78, 5) is 13.7. The Morgan fingerprint density at radius 3 is 2.62 bits per heavy atom. The van der Waals surface area contributed by atoms with Crippen molar-refractivity contribution in [1.82, 2.24) is 4.90 Å². The van der Waals surface area contributed by atoms with Crippen LogP contribution >= 0.6 is 0 Å². The number of hydrogen-bond donors (Lipinski definition) is 2. The second kappa shape index (κ2) is 5.64. The molecule has 0 saturated carbocycles. The number of hydrogen-bond acceptors (Lipinski definition) is 3. The van der Waals surface area contributed by atoms with E-state index >= 15 is 0 Å². The van der Waals surface area contributed by atoms with Crippen molar-refractivity contribution in [2.24, 2.45) is 0 Å². The summed E-state index contributed by atoms with van der Waals surface area (Å²) in [5.41, 5.74) is 0.538. The van der Waals surface area contributed by atoms with Crippen LogP contribution in [-0.4, -0.2) is 41.1 Å². The van der Waals surface area contributed by atoms with Crippen LogP contribution < -0.4 is 5.32 Å². The van der Waals surface area contributed by atoms with Crippen molar-refractivity contribution >= 4 is 11.7 Å². The lowest BCUT2D eigenvalue weighted by atomic mass is 9.82. The number of anilines is 1. The maximum Gasteiger partial charge on any atom is 0.337 e. The highest BCUT2D eigenvalue weighted by atomic mass is 19.1. The summed E-state index contributed by atoms with van der Waals surface area (Å²) in [6.07, 6.45) is 5.73. The molecule has 1 aromatic rings. The van der Waals surface area contributed by atoms with Gasteiger partial charge in [0.05, 0.1) is 5.56 Å². The van der Waals surface area contributed by atoms with E-state index in [0.29, 0.717) is 17.8 Å². The van der Waals surface area contributed by atoms with Crippen LogP contribution in [0, 0.1) is 5.82 Å². The fraction of sp³-hybridized carbons (Fsp3) is 0.562. The van der Waals surface area contributed by atoms with E-state index in [1.54, 1.807) is 0 Å². The largest absolute Gasteiger partial charge is 0.478 e. The summed E-state index contributed by atoms with van der Waals surface area (Å²) in [5.74, 6) is -1.61. The minimum absolute atomic E-state index is 0.0130. The number of halogens is 1. The number of piperidine rings is 2. The standard InChI is InChI=1S/C16H21FN2O2/c1-19-12-3-2-4-13(19)9-11(8-12)18-15-6-5-10(17)7-14(15)16(20)21/h5-7,11-13,18H,2-4,8-9H2,1H3,(H,20,21). The molecule has 2 fully saturated rings. The number of fused-ring (bicyclic) bond motifs is 2. The molecule has 2 bridgehead atoms. The lowest BCUT2D eigenvalue weighted by Crippen LogP contribution is -2.52. The Morgan fingerprint density at radius 2 is 2.00 bits per heavy atom. The fourth-order valence-corrected chi connectivity index (χ4v) is 3.77. The molecule has 3 rings (SSSR count). The van der Waals surface area contributed by atoms with Crippen LogP contribution in [0.25, 0.3) is 0 Å². The van der Waals surface area contributed by atoms with Crippen LogP contribution in [0.15, 0.2) is 18.2 Å². The molecule has 2 heterocycles. The zero-order valence-corrected chi connectivity index (χ0v) is 12.2. The van der Waals surface area contributed by atoms with E-state index in [4.69, 9.17) is 0 Å². The van der Waals surface area contributed by atoms with Crippen molar-refractivity contribution in [3.8, 4) is 0 Å². The molecule has 0 aromatic heterocycles. The average Bonchev–Trinajstić information content (AvgIpc) is 2.41. The lowest BCUT2D eigenvalue weighted by molar-refractivity contribution is 0.0607. The number of nitrogens with zero attached hydrogens (tertiary/aromatic N) is 1. The van der Waals surface area contributed by atoms with E-state index in [1.165, 1.54) is 31.4 Å². The maximum absolute atomic E-state index is 13.2. The first-order chi connectivity index (χ1) is 10.0. The molecule has 114 valence electrons. The topological polar surface area (TPSA) is 52.6 Å². The summed E-state index contributed by atoms with van der Waals surface area (Å²) in [7, 11) is 2.19. The van der Waals surface area contributed by atoms with Crippen LogP contribution in [0.2, 0.25) is 0 Å². The minimum atomic E-state index is -1.09. The first-order valence-electron chi connectivity index (χ1n) is 7.56. The minimum Gasteiger partial charge on any atom is -0.478 e. The molecule has 2 unspecified atom stereocenters. The molecule has 0 spiro atoms. The van der Waals surface area contributed by atoms with E-state index in [9.17, 15) is 14.3 Å². The molecule has 0 amide bonds. The average molecular weight is 292 g/mol. The number of carboxylic acid groups (broad SMARTS) is 1. The van der Waals surface area contributed by atoms with Gasteiger partial charge in [-0.3, -0.25) is 0 Å². The third-order valence-electron chi connectivity index (χ3n) is 4.91. The van der Waals surface area contributed by atoms with Crippen molar-refractivity contribution in [2.45, 2.75) is 50.2 Å². The highest BCUT2D eigenvalue weighted by Gasteiger charge is 2.36. The van der Waals surface area contributed by atoms with E-state index in [1.807, 2.05) is 0 Å². The normalized spacial score (nSPS) is 29.1. The van der Waals surface area contributed by atoms with Gasteiger partial charge in [-0.05, 0) is 50.9 Å². The first-order valence-corrected chi connectivity index (χ1v) is 7.56. The van der Waals surface area contributed by atoms with Crippen molar-refractivity contribution in [3.63, 3.8) is 0 Å². The molecule has 2 aliphatic heterocycles. The number of rotatable bonds is 3. The SMILES string of the molecule is CN1C2CCCC1CC(Nc1ccc(F)cc1C(=O)O)C2. The van der Waals surface area contributed by atoms with Crippen LogP contribution in [0.5, 0.6) is 0 Å². The third-order valence-corrected chi connectivity index (χ3v) is 4.91. The number of benzene rings is 1. The summed E-state index contributed by atoms with van der Waals surface area (Å²) >= 11 is 0. The zero-order valence-electron chi connectivity index (χ0n) is 12.2. The van der Waals surface area contributed by atoms with E-state index < -0.39 is 11.8 Å². The van der Waals surface area contributed by atoms with E-state index in [-0.39, 0.29) is 11.6 Å². The van der Waals surface area contributed by atoms with Gasteiger partial charge in [0.2, 0.25) is 0 Å². The van der Waals surface area contributed by atoms with Gasteiger partial charge in [0.25, 0.3) is 0 Å². The smallest absolute Gasteiger partial charge is 0.337 e. The molecule has 2 aliphatic rings.